The fourth-order valence-corrected chi connectivity index (χ4v) is 3.80. The van der Waals surface area contributed by atoms with E-state index >= 15 is 0 Å². The van der Waals surface area contributed by atoms with Gasteiger partial charge in [0.15, 0.2) is 5.11 Å². The van der Waals surface area contributed by atoms with Gasteiger partial charge in [0.2, 0.25) is 0 Å². The Hall–Kier alpha value is -0.650. The molecule has 3 nitrogen and oxygen atoms in total. The minimum absolute atomic E-state index is 0.259. The fourth-order valence-electron chi connectivity index (χ4n) is 2.87. The largest absolute Gasteiger partial charge is 0.346 e. The smallest absolute Gasteiger partial charge is 0.258 e. The zero-order valence-electron chi connectivity index (χ0n) is 12.6. The van der Waals surface area contributed by atoms with E-state index in [1.54, 1.807) is 18.2 Å². The Morgan fingerprint density at radius 2 is 2.09 bits per heavy atom. The number of carbonyl (C=O) groups excluding carboxylic acids is 1. The molecule has 1 aliphatic rings. The molecule has 0 aromatic heterocycles. The summed E-state index contributed by atoms with van der Waals surface area (Å²) in [5.74, 6) is -0.259. The molecule has 6 heteroatoms. The number of nitrogens with zero attached hydrogens (tertiary/aromatic N) is 1. The summed E-state index contributed by atoms with van der Waals surface area (Å²) < 4.78 is 0.813. The molecule has 1 fully saturated rings. The maximum Gasteiger partial charge on any atom is 0.258 e. The number of halogens is 2. The van der Waals surface area contributed by atoms with Gasteiger partial charge in [-0.25, -0.2) is 0 Å². The van der Waals surface area contributed by atoms with E-state index in [0.717, 1.165) is 23.9 Å². The summed E-state index contributed by atoms with van der Waals surface area (Å²) in [6, 6.07) is 5.64. The average molecular weight is 404 g/mol. The number of hydrogen-bond donors (Lipinski definition) is 1. The molecule has 0 spiro atoms. The molecule has 0 atom stereocenters. The highest BCUT2D eigenvalue weighted by atomic mass is 79.9. The third-order valence-corrected chi connectivity index (χ3v) is 5.17. The van der Waals surface area contributed by atoms with Gasteiger partial charge in [0.25, 0.3) is 5.91 Å². The Morgan fingerprint density at radius 1 is 1.41 bits per heavy atom. The summed E-state index contributed by atoms with van der Waals surface area (Å²) in [6.07, 6.45) is 6.04. The molecule has 0 bridgehead atoms. The van der Waals surface area contributed by atoms with E-state index in [1.165, 1.54) is 19.3 Å². The lowest BCUT2D eigenvalue weighted by Gasteiger charge is -2.35. The number of benzene rings is 1. The molecule has 0 radical (unpaired) electrons. The van der Waals surface area contributed by atoms with Crippen molar-refractivity contribution in [3.8, 4) is 0 Å². The van der Waals surface area contributed by atoms with Crippen molar-refractivity contribution in [1.29, 1.82) is 0 Å². The van der Waals surface area contributed by atoms with E-state index in [9.17, 15) is 4.79 Å². The first kappa shape index (κ1) is 17.7. The van der Waals surface area contributed by atoms with Crippen molar-refractivity contribution in [3.05, 3.63) is 33.3 Å². The van der Waals surface area contributed by atoms with Gasteiger partial charge in [-0.05, 0) is 50.2 Å². The molecule has 1 amide bonds. The summed E-state index contributed by atoms with van der Waals surface area (Å²) >= 11 is 14.9. The van der Waals surface area contributed by atoms with E-state index in [4.69, 9.17) is 23.8 Å². The summed E-state index contributed by atoms with van der Waals surface area (Å²) in [7, 11) is 0. The van der Waals surface area contributed by atoms with E-state index in [-0.39, 0.29) is 5.91 Å². The standard InChI is InChI=1S/C16H20BrClN2OS/c1-2-20(12-6-4-3-5-7-12)16(22)19-15(21)13-10-11(17)8-9-14(13)18/h8-10,12H,2-7H2,1H3,(H,19,21,22). The molecule has 1 aromatic carbocycles. The second-order valence-electron chi connectivity index (χ2n) is 5.46. The zero-order chi connectivity index (χ0) is 16.1. The van der Waals surface area contributed by atoms with Crippen molar-refractivity contribution in [2.24, 2.45) is 0 Å². The SMILES string of the molecule is CCN(C(=S)NC(=O)c1cc(Br)ccc1Cl)C1CCCCC1. The quantitative estimate of drug-likeness (QED) is 0.738. The Labute approximate surface area is 150 Å². The summed E-state index contributed by atoms with van der Waals surface area (Å²) in [6.45, 7) is 2.87. The van der Waals surface area contributed by atoms with Gasteiger partial charge in [-0.3, -0.25) is 10.1 Å². The molecule has 1 N–H and O–H groups in total. The highest BCUT2D eigenvalue weighted by Gasteiger charge is 2.23. The lowest BCUT2D eigenvalue weighted by Crippen LogP contribution is -2.48. The van der Waals surface area contributed by atoms with Gasteiger partial charge in [-0.1, -0.05) is 46.8 Å². The topological polar surface area (TPSA) is 32.3 Å². The molecular weight excluding hydrogens is 384 g/mol. The van der Waals surface area contributed by atoms with Crippen molar-refractivity contribution in [2.75, 3.05) is 6.54 Å². The van der Waals surface area contributed by atoms with Crippen molar-refractivity contribution >= 4 is 50.8 Å². The predicted molar refractivity (Wildman–Crippen MR) is 98.5 cm³/mol. The first-order chi connectivity index (χ1) is 10.5. The summed E-state index contributed by atoms with van der Waals surface area (Å²) in [5, 5.41) is 3.74. The summed E-state index contributed by atoms with van der Waals surface area (Å²) in [4.78, 5) is 14.5. The lowest BCUT2D eigenvalue weighted by atomic mass is 9.94. The van der Waals surface area contributed by atoms with Crippen LogP contribution in [-0.4, -0.2) is 28.5 Å². The number of thiocarbonyl (C=S) groups is 1. The monoisotopic (exact) mass is 402 g/mol. The second-order valence-corrected chi connectivity index (χ2v) is 7.17. The van der Waals surface area contributed by atoms with Gasteiger partial charge in [0.05, 0.1) is 10.6 Å². The van der Waals surface area contributed by atoms with E-state index in [2.05, 4.69) is 33.1 Å². The molecule has 120 valence electrons. The minimum Gasteiger partial charge on any atom is -0.346 e. The van der Waals surface area contributed by atoms with Crippen molar-refractivity contribution in [2.45, 2.75) is 45.1 Å². The average Bonchev–Trinajstić information content (AvgIpc) is 2.51. The van der Waals surface area contributed by atoms with E-state index < -0.39 is 0 Å². The maximum atomic E-state index is 12.4. The number of rotatable bonds is 3. The van der Waals surface area contributed by atoms with Crippen LogP contribution in [0, 0.1) is 0 Å². The minimum atomic E-state index is -0.259. The van der Waals surface area contributed by atoms with Gasteiger partial charge in [-0.2, -0.15) is 0 Å². The Bertz CT molecular complexity index is 561. The number of carbonyl (C=O) groups is 1. The van der Waals surface area contributed by atoms with Crippen LogP contribution >= 0.6 is 39.7 Å². The second kappa shape index (κ2) is 8.27. The van der Waals surface area contributed by atoms with Crippen LogP contribution in [0.5, 0.6) is 0 Å². The van der Waals surface area contributed by atoms with Crippen LogP contribution in [0.2, 0.25) is 5.02 Å². The van der Waals surface area contributed by atoms with Crippen LogP contribution in [-0.2, 0) is 0 Å². The van der Waals surface area contributed by atoms with Crippen molar-refractivity contribution in [3.63, 3.8) is 0 Å². The molecule has 0 aliphatic heterocycles. The third-order valence-electron chi connectivity index (χ3n) is 4.01. The van der Waals surface area contributed by atoms with Crippen LogP contribution < -0.4 is 5.32 Å². The molecular formula is C16H20BrClN2OS. The first-order valence-corrected chi connectivity index (χ1v) is 9.18. The highest BCUT2D eigenvalue weighted by Crippen LogP contribution is 2.23. The molecule has 2 rings (SSSR count). The third kappa shape index (κ3) is 4.43. The molecule has 22 heavy (non-hydrogen) atoms. The van der Waals surface area contributed by atoms with Gasteiger partial charge in [0.1, 0.15) is 0 Å². The van der Waals surface area contributed by atoms with Crippen molar-refractivity contribution < 1.29 is 4.79 Å². The maximum absolute atomic E-state index is 12.4. The molecule has 0 saturated heterocycles. The highest BCUT2D eigenvalue weighted by molar-refractivity contribution is 9.10. The van der Waals surface area contributed by atoms with Crippen LogP contribution in [0.25, 0.3) is 0 Å². The Kier molecular flexibility index (Phi) is 6.66. The first-order valence-electron chi connectivity index (χ1n) is 7.60. The molecule has 1 saturated carbocycles. The van der Waals surface area contributed by atoms with E-state index in [0.29, 0.717) is 21.7 Å². The fraction of sp³-hybridized carbons (Fsp3) is 0.500. The predicted octanol–water partition coefficient (Wildman–Crippen LogP) is 4.77. The number of hydrogen-bond acceptors (Lipinski definition) is 2. The lowest BCUT2D eigenvalue weighted by molar-refractivity contribution is 0.0970. The van der Waals surface area contributed by atoms with Crippen LogP contribution in [0.3, 0.4) is 0 Å². The van der Waals surface area contributed by atoms with Gasteiger partial charge in [-0.15, -0.1) is 0 Å². The Morgan fingerprint density at radius 3 is 2.73 bits per heavy atom. The number of amides is 1. The van der Waals surface area contributed by atoms with E-state index in [1.807, 2.05) is 0 Å². The summed E-state index contributed by atoms with van der Waals surface area (Å²) in [5.41, 5.74) is 0.429. The zero-order valence-corrected chi connectivity index (χ0v) is 15.7. The van der Waals surface area contributed by atoms with Gasteiger partial charge in [0, 0.05) is 17.1 Å². The van der Waals surface area contributed by atoms with Gasteiger partial charge >= 0.3 is 0 Å². The van der Waals surface area contributed by atoms with Crippen LogP contribution in [0.1, 0.15) is 49.4 Å². The Balaban J connectivity index is 2.05. The van der Waals surface area contributed by atoms with Crippen LogP contribution in [0.15, 0.2) is 22.7 Å². The molecule has 0 unspecified atom stereocenters. The van der Waals surface area contributed by atoms with Gasteiger partial charge < -0.3 is 4.90 Å². The molecule has 0 heterocycles. The van der Waals surface area contributed by atoms with Crippen molar-refractivity contribution in [1.82, 2.24) is 10.2 Å². The molecule has 1 aliphatic carbocycles. The van der Waals surface area contributed by atoms with Crippen LogP contribution in [0.4, 0.5) is 0 Å². The number of nitrogens with one attached hydrogen (secondary N) is 1. The normalized spacial score (nSPS) is 15.4. The molecule has 1 aromatic rings.